The lowest BCUT2D eigenvalue weighted by atomic mass is 9.64. The zero-order valence-electron chi connectivity index (χ0n) is 12.4. The van der Waals surface area contributed by atoms with E-state index >= 15 is 0 Å². The number of methoxy groups -OCH3 is 1. The molecule has 0 aromatic rings. The number of nitrogens with zero attached hydrogens (tertiary/aromatic N) is 1. The molecule has 1 spiro atoms. The van der Waals surface area contributed by atoms with Crippen LogP contribution in [0.5, 0.6) is 0 Å². The fourth-order valence-electron chi connectivity index (χ4n) is 3.75. The summed E-state index contributed by atoms with van der Waals surface area (Å²) in [5.74, 6) is 1.26. The van der Waals surface area contributed by atoms with Crippen LogP contribution in [0.1, 0.15) is 46.0 Å². The van der Waals surface area contributed by atoms with Crippen molar-refractivity contribution in [3.8, 4) is 0 Å². The van der Waals surface area contributed by atoms with E-state index in [2.05, 4.69) is 19.2 Å². The van der Waals surface area contributed by atoms with E-state index in [1.54, 1.807) is 0 Å². The van der Waals surface area contributed by atoms with Gasteiger partial charge in [0.25, 0.3) is 0 Å². The summed E-state index contributed by atoms with van der Waals surface area (Å²) in [5, 5.41) is 4.82. The smallest absolute Gasteiger partial charge is 0.156 e. The molecule has 3 aliphatic rings. The highest BCUT2D eigenvalue weighted by Gasteiger charge is 2.49. The molecule has 0 amide bonds. The molecule has 2 saturated carbocycles. The molecule has 0 radical (unpaired) electrons. The Balaban J connectivity index is 1.56. The number of nitrogens with one attached hydrogen (secondary N) is 1. The second kappa shape index (κ2) is 4.96. The Bertz CT molecular complexity index is 374. The molecule has 3 rings (SSSR count). The number of amidine groups is 1. The summed E-state index contributed by atoms with van der Waals surface area (Å²) in [5.41, 5.74) is 0.764. The van der Waals surface area contributed by atoms with Gasteiger partial charge in [0.05, 0.1) is 6.10 Å². The normalized spacial score (nSPS) is 35.8. The van der Waals surface area contributed by atoms with Crippen molar-refractivity contribution in [2.75, 3.05) is 19.4 Å². The van der Waals surface area contributed by atoms with E-state index < -0.39 is 0 Å². The van der Waals surface area contributed by atoms with E-state index in [0.29, 0.717) is 17.6 Å². The largest absolute Gasteiger partial charge is 0.381 e. The molecule has 19 heavy (non-hydrogen) atoms. The van der Waals surface area contributed by atoms with Crippen molar-refractivity contribution in [1.29, 1.82) is 0 Å². The van der Waals surface area contributed by atoms with Crippen molar-refractivity contribution in [2.24, 2.45) is 15.8 Å². The van der Waals surface area contributed by atoms with E-state index in [1.807, 2.05) is 18.9 Å². The van der Waals surface area contributed by atoms with Gasteiger partial charge >= 0.3 is 0 Å². The summed E-state index contributed by atoms with van der Waals surface area (Å²) >= 11 is 1.94. The maximum Gasteiger partial charge on any atom is 0.156 e. The van der Waals surface area contributed by atoms with Crippen LogP contribution in [-0.4, -0.2) is 36.7 Å². The maximum absolute atomic E-state index is 5.51. The summed E-state index contributed by atoms with van der Waals surface area (Å²) in [4.78, 5) is 4.83. The third-order valence-corrected chi connectivity index (χ3v) is 6.77. The van der Waals surface area contributed by atoms with Crippen molar-refractivity contribution < 1.29 is 4.74 Å². The average Bonchev–Trinajstić information content (AvgIpc) is 2.85. The number of ether oxygens (including phenoxy) is 1. The highest BCUT2D eigenvalue weighted by molar-refractivity contribution is 8.13. The molecule has 2 aliphatic carbocycles. The van der Waals surface area contributed by atoms with Crippen LogP contribution in [0.2, 0.25) is 0 Å². The zero-order valence-corrected chi connectivity index (χ0v) is 13.2. The minimum Gasteiger partial charge on any atom is -0.381 e. The number of hydrogen-bond acceptors (Lipinski definition) is 4. The van der Waals surface area contributed by atoms with Gasteiger partial charge in [-0.05, 0) is 24.7 Å². The van der Waals surface area contributed by atoms with Gasteiger partial charge in [0.15, 0.2) is 5.17 Å². The minimum atomic E-state index is 0.223. The van der Waals surface area contributed by atoms with E-state index in [4.69, 9.17) is 9.73 Å². The van der Waals surface area contributed by atoms with Crippen LogP contribution < -0.4 is 5.32 Å². The Morgan fingerprint density at radius 3 is 2.58 bits per heavy atom. The molecule has 0 bridgehead atoms. The monoisotopic (exact) mass is 282 g/mol. The highest BCUT2D eigenvalue weighted by atomic mass is 32.2. The summed E-state index contributed by atoms with van der Waals surface area (Å²) in [6, 6.07) is 0.515. The standard InChI is InChI=1S/C15H26N2OS/c1-14(2)11(8-12(14)18-3)17-13-16-9-15(10-19-13)6-4-5-7-15/h11-12H,4-10H2,1-3H3,(H,16,17). The number of hydrogen-bond donors (Lipinski definition) is 1. The van der Waals surface area contributed by atoms with Gasteiger partial charge in [0, 0.05) is 30.9 Å². The SMILES string of the molecule is COC1CC(NC2=NCC3(CCCC3)CS2)C1(C)C. The van der Waals surface area contributed by atoms with Crippen molar-refractivity contribution in [2.45, 2.75) is 58.1 Å². The Morgan fingerprint density at radius 2 is 2.05 bits per heavy atom. The van der Waals surface area contributed by atoms with Crippen LogP contribution in [0.4, 0.5) is 0 Å². The summed E-state index contributed by atoms with van der Waals surface area (Å²) in [6.07, 6.45) is 7.08. The summed E-state index contributed by atoms with van der Waals surface area (Å²) < 4.78 is 5.51. The summed E-state index contributed by atoms with van der Waals surface area (Å²) in [6.45, 7) is 5.62. The Hall–Kier alpha value is -0.220. The van der Waals surface area contributed by atoms with Crippen LogP contribution in [0, 0.1) is 10.8 Å². The number of aliphatic imine (C=N–C) groups is 1. The first kappa shape index (κ1) is 13.7. The first-order chi connectivity index (χ1) is 9.06. The topological polar surface area (TPSA) is 33.6 Å². The number of rotatable bonds is 2. The molecule has 1 heterocycles. The van der Waals surface area contributed by atoms with Gasteiger partial charge in [-0.2, -0.15) is 0 Å². The Labute approximate surface area is 121 Å². The molecule has 1 N–H and O–H groups in total. The average molecular weight is 282 g/mol. The lowest BCUT2D eigenvalue weighted by Crippen LogP contribution is -2.61. The third-order valence-electron chi connectivity index (χ3n) is 5.50. The van der Waals surface area contributed by atoms with Crippen LogP contribution >= 0.6 is 11.8 Å². The third kappa shape index (κ3) is 2.42. The van der Waals surface area contributed by atoms with Gasteiger partial charge in [-0.15, -0.1) is 0 Å². The van der Waals surface area contributed by atoms with Gasteiger partial charge < -0.3 is 10.1 Å². The van der Waals surface area contributed by atoms with E-state index in [9.17, 15) is 0 Å². The van der Waals surface area contributed by atoms with Gasteiger partial charge in [0.2, 0.25) is 0 Å². The quantitative estimate of drug-likeness (QED) is 0.845. The second-order valence-electron chi connectivity index (χ2n) is 7.10. The highest BCUT2D eigenvalue weighted by Crippen LogP contribution is 2.45. The molecule has 0 aromatic heterocycles. The molecule has 0 saturated heterocycles. The molecule has 3 nitrogen and oxygen atoms in total. The number of thioether (sulfide) groups is 1. The van der Waals surface area contributed by atoms with E-state index in [0.717, 1.165) is 13.0 Å². The Kier molecular flexibility index (Phi) is 3.59. The molecule has 4 heteroatoms. The van der Waals surface area contributed by atoms with Gasteiger partial charge in [-0.3, -0.25) is 4.99 Å². The van der Waals surface area contributed by atoms with Crippen molar-refractivity contribution in [1.82, 2.24) is 5.32 Å². The molecule has 2 unspecified atom stereocenters. The fourth-order valence-corrected chi connectivity index (χ4v) is 4.95. The molecule has 2 fully saturated rings. The summed E-state index contributed by atoms with van der Waals surface area (Å²) in [7, 11) is 1.82. The van der Waals surface area contributed by atoms with Gasteiger partial charge in [0.1, 0.15) is 0 Å². The maximum atomic E-state index is 5.51. The van der Waals surface area contributed by atoms with Crippen LogP contribution in [0.15, 0.2) is 4.99 Å². The lowest BCUT2D eigenvalue weighted by Gasteiger charge is -2.51. The first-order valence-electron chi connectivity index (χ1n) is 7.52. The lowest BCUT2D eigenvalue weighted by molar-refractivity contribution is -0.0918. The van der Waals surface area contributed by atoms with Gasteiger partial charge in [-0.25, -0.2) is 0 Å². The van der Waals surface area contributed by atoms with Gasteiger partial charge in [-0.1, -0.05) is 38.5 Å². The van der Waals surface area contributed by atoms with Crippen molar-refractivity contribution in [3.63, 3.8) is 0 Å². The predicted octanol–water partition coefficient (Wildman–Crippen LogP) is 3.05. The van der Waals surface area contributed by atoms with E-state index in [-0.39, 0.29) is 5.41 Å². The molecular formula is C15H26N2OS. The molecule has 2 atom stereocenters. The molecule has 0 aromatic carbocycles. The first-order valence-corrected chi connectivity index (χ1v) is 8.51. The van der Waals surface area contributed by atoms with Crippen molar-refractivity contribution in [3.05, 3.63) is 0 Å². The molecular weight excluding hydrogens is 256 g/mol. The Morgan fingerprint density at radius 1 is 1.32 bits per heavy atom. The van der Waals surface area contributed by atoms with E-state index in [1.165, 1.54) is 36.6 Å². The van der Waals surface area contributed by atoms with Crippen molar-refractivity contribution >= 4 is 16.9 Å². The molecule has 1 aliphatic heterocycles. The van der Waals surface area contributed by atoms with Crippen LogP contribution in [0.3, 0.4) is 0 Å². The minimum absolute atomic E-state index is 0.223. The second-order valence-corrected chi connectivity index (χ2v) is 8.06. The zero-order chi connectivity index (χ0) is 13.5. The predicted molar refractivity (Wildman–Crippen MR) is 81.8 cm³/mol. The van der Waals surface area contributed by atoms with Crippen LogP contribution in [0.25, 0.3) is 0 Å². The fraction of sp³-hybridized carbons (Fsp3) is 0.933. The van der Waals surface area contributed by atoms with Crippen LogP contribution in [-0.2, 0) is 4.74 Å². The molecule has 108 valence electrons.